The molecule has 0 heterocycles. The van der Waals surface area contributed by atoms with Gasteiger partial charge >= 0.3 is 12.1 Å². The SMILES string of the molecule is NCC(NC(=O)OCC1CCCCC1)C(=O)O. The van der Waals surface area contributed by atoms with Crippen LogP contribution in [0.5, 0.6) is 0 Å². The van der Waals surface area contributed by atoms with Crippen molar-refractivity contribution in [2.24, 2.45) is 11.7 Å². The molecule has 1 aliphatic rings. The van der Waals surface area contributed by atoms with Gasteiger partial charge in [-0.3, -0.25) is 0 Å². The number of aliphatic carboxylic acids is 1. The topological polar surface area (TPSA) is 102 Å². The van der Waals surface area contributed by atoms with E-state index in [0.717, 1.165) is 12.8 Å². The normalized spacial score (nSPS) is 18.4. The number of carboxylic acid groups (broad SMARTS) is 1. The minimum absolute atomic E-state index is 0.145. The fourth-order valence-corrected chi connectivity index (χ4v) is 1.95. The average molecular weight is 244 g/mol. The van der Waals surface area contributed by atoms with Gasteiger partial charge in [-0.1, -0.05) is 19.3 Å². The van der Waals surface area contributed by atoms with Crippen LogP contribution in [0.1, 0.15) is 32.1 Å². The Morgan fingerprint density at radius 1 is 1.35 bits per heavy atom. The maximum Gasteiger partial charge on any atom is 0.407 e. The lowest BCUT2D eigenvalue weighted by Crippen LogP contribution is -2.46. The van der Waals surface area contributed by atoms with Crippen LogP contribution in [0, 0.1) is 5.92 Å². The molecule has 1 aliphatic carbocycles. The second-order valence-corrected chi connectivity index (χ2v) is 4.37. The molecule has 0 aliphatic heterocycles. The molecular weight excluding hydrogens is 224 g/mol. The maximum absolute atomic E-state index is 11.3. The van der Waals surface area contributed by atoms with Crippen molar-refractivity contribution >= 4 is 12.1 Å². The number of alkyl carbamates (subject to hydrolysis) is 1. The van der Waals surface area contributed by atoms with E-state index < -0.39 is 18.1 Å². The molecule has 6 heteroatoms. The molecule has 1 atom stereocenters. The van der Waals surface area contributed by atoms with Gasteiger partial charge in [0.05, 0.1) is 6.61 Å². The van der Waals surface area contributed by atoms with E-state index in [4.69, 9.17) is 15.6 Å². The molecule has 6 nitrogen and oxygen atoms in total. The fourth-order valence-electron chi connectivity index (χ4n) is 1.95. The van der Waals surface area contributed by atoms with E-state index in [2.05, 4.69) is 5.32 Å². The summed E-state index contributed by atoms with van der Waals surface area (Å²) in [6.45, 7) is 0.219. The van der Waals surface area contributed by atoms with Crippen molar-refractivity contribution in [2.75, 3.05) is 13.2 Å². The van der Waals surface area contributed by atoms with Crippen LogP contribution in [0.15, 0.2) is 0 Å². The number of nitrogens with one attached hydrogen (secondary N) is 1. The molecule has 0 aromatic carbocycles. The van der Waals surface area contributed by atoms with Crippen molar-refractivity contribution < 1.29 is 19.4 Å². The summed E-state index contributed by atoms with van der Waals surface area (Å²) in [7, 11) is 0. The number of rotatable bonds is 5. The number of amides is 1. The Kier molecular flexibility index (Phi) is 5.76. The van der Waals surface area contributed by atoms with Crippen molar-refractivity contribution in [2.45, 2.75) is 38.1 Å². The van der Waals surface area contributed by atoms with Crippen LogP contribution in [0.2, 0.25) is 0 Å². The van der Waals surface area contributed by atoms with Gasteiger partial charge in [-0.05, 0) is 18.8 Å². The highest BCUT2D eigenvalue weighted by atomic mass is 16.5. The molecule has 1 unspecified atom stereocenters. The Morgan fingerprint density at radius 2 is 2.00 bits per heavy atom. The Bertz CT molecular complexity index is 264. The Morgan fingerprint density at radius 3 is 2.53 bits per heavy atom. The number of nitrogens with two attached hydrogens (primary N) is 1. The maximum atomic E-state index is 11.3. The monoisotopic (exact) mass is 244 g/mol. The zero-order valence-corrected chi connectivity index (χ0v) is 9.85. The molecule has 0 radical (unpaired) electrons. The first-order chi connectivity index (χ1) is 8.13. The first-order valence-electron chi connectivity index (χ1n) is 5.99. The summed E-state index contributed by atoms with van der Waals surface area (Å²) >= 11 is 0. The van der Waals surface area contributed by atoms with Crippen LogP contribution >= 0.6 is 0 Å². The summed E-state index contributed by atoms with van der Waals surface area (Å²) in [6.07, 6.45) is 5.05. The third kappa shape index (κ3) is 5.04. The van der Waals surface area contributed by atoms with Crippen LogP contribution in [0.3, 0.4) is 0 Å². The molecule has 98 valence electrons. The largest absolute Gasteiger partial charge is 0.480 e. The predicted molar refractivity (Wildman–Crippen MR) is 61.5 cm³/mol. The average Bonchev–Trinajstić information content (AvgIpc) is 2.34. The van der Waals surface area contributed by atoms with Gasteiger partial charge < -0.3 is 20.9 Å². The number of carboxylic acids is 1. The van der Waals surface area contributed by atoms with Crippen molar-refractivity contribution in [1.29, 1.82) is 0 Å². The van der Waals surface area contributed by atoms with Crippen molar-refractivity contribution in [3.8, 4) is 0 Å². The van der Waals surface area contributed by atoms with Gasteiger partial charge in [0.25, 0.3) is 0 Å². The molecule has 0 aromatic rings. The van der Waals surface area contributed by atoms with E-state index in [1.165, 1.54) is 19.3 Å². The third-order valence-corrected chi connectivity index (χ3v) is 3.00. The first kappa shape index (κ1) is 13.8. The van der Waals surface area contributed by atoms with E-state index in [9.17, 15) is 9.59 Å². The smallest absolute Gasteiger partial charge is 0.407 e. The Balaban J connectivity index is 2.21. The molecular formula is C11H20N2O4. The van der Waals surface area contributed by atoms with E-state index in [1.54, 1.807) is 0 Å². The zero-order valence-electron chi connectivity index (χ0n) is 9.85. The quantitative estimate of drug-likeness (QED) is 0.661. The van der Waals surface area contributed by atoms with Gasteiger partial charge in [0.2, 0.25) is 0 Å². The summed E-state index contributed by atoms with van der Waals surface area (Å²) in [6, 6.07) is -1.08. The first-order valence-corrected chi connectivity index (χ1v) is 5.99. The van der Waals surface area contributed by atoms with Gasteiger partial charge in [-0.15, -0.1) is 0 Å². The molecule has 1 amide bonds. The van der Waals surface area contributed by atoms with Gasteiger partial charge in [0.1, 0.15) is 6.04 Å². The van der Waals surface area contributed by atoms with Crippen molar-refractivity contribution in [3.05, 3.63) is 0 Å². The summed E-state index contributed by atoms with van der Waals surface area (Å²) < 4.78 is 5.00. The molecule has 4 N–H and O–H groups in total. The highest BCUT2D eigenvalue weighted by Gasteiger charge is 2.20. The van der Waals surface area contributed by atoms with Crippen molar-refractivity contribution in [1.82, 2.24) is 5.32 Å². The minimum Gasteiger partial charge on any atom is -0.480 e. The zero-order chi connectivity index (χ0) is 12.7. The molecule has 0 bridgehead atoms. The van der Waals surface area contributed by atoms with E-state index in [1.807, 2.05) is 0 Å². The number of carbonyl (C=O) groups is 2. The lowest BCUT2D eigenvalue weighted by atomic mass is 9.90. The van der Waals surface area contributed by atoms with E-state index >= 15 is 0 Å². The lowest BCUT2D eigenvalue weighted by molar-refractivity contribution is -0.139. The molecule has 0 saturated heterocycles. The van der Waals surface area contributed by atoms with Crippen LogP contribution in [0.25, 0.3) is 0 Å². The molecule has 0 spiro atoms. The van der Waals surface area contributed by atoms with Crippen LogP contribution in [-0.4, -0.2) is 36.4 Å². The van der Waals surface area contributed by atoms with Crippen LogP contribution in [0.4, 0.5) is 4.79 Å². The summed E-state index contributed by atoms with van der Waals surface area (Å²) in [5.41, 5.74) is 5.21. The third-order valence-electron chi connectivity index (χ3n) is 3.00. The molecule has 1 fully saturated rings. The number of hydrogen-bond donors (Lipinski definition) is 3. The highest BCUT2D eigenvalue weighted by molar-refractivity contribution is 5.80. The second kappa shape index (κ2) is 7.11. The summed E-state index contributed by atoms with van der Waals surface area (Å²) in [5.74, 6) is -0.738. The van der Waals surface area contributed by atoms with Crippen LogP contribution in [-0.2, 0) is 9.53 Å². The number of hydrogen-bond acceptors (Lipinski definition) is 4. The second-order valence-electron chi connectivity index (χ2n) is 4.37. The minimum atomic E-state index is -1.15. The Hall–Kier alpha value is -1.30. The fraction of sp³-hybridized carbons (Fsp3) is 0.818. The number of carbonyl (C=O) groups excluding carboxylic acids is 1. The van der Waals surface area contributed by atoms with E-state index in [0.29, 0.717) is 12.5 Å². The van der Waals surface area contributed by atoms with Gasteiger partial charge in [-0.25, -0.2) is 9.59 Å². The summed E-state index contributed by atoms with van der Waals surface area (Å²) in [4.78, 5) is 21.9. The Labute approximate surface area is 101 Å². The molecule has 0 aromatic heterocycles. The van der Waals surface area contributed by atoms with E-state index in [-0.39, 0.29) is 6.54 Å². The summed E-state index contributed by atoms with van der Waals surface area (Å²) in [5, 5.41) is 10.9. The predicted octanol–water partition coefficient (Wildman–Crippen LogP) is 0.705. The van der Waals surface area contributed by atoms with Gasteiger partial charge in [0, 0.05) is 6.54 Å². The standard InChI is InChI=1S/C11H20N2O4/c12-6-9(10(14)15)13-11(16)17-7-8-4-2-1-3-5-8/h8-9H,1-7,12H2,(H,13,16)(H,14,15). The van der Waals surface area contributed by atoms with Gasteiger partial charge in [-0.2, -0.15) is 0 Å². The number of ether oxygens (including phenoxy) is 1. The molecule has 17 heavy (non-hydrogen) atoms. The molecule has 1 saturated carbocycles. The van der Waals surface area contributed by atoms with Gasteiger partial charge in [0.15, 0.2) is 0 Å². The highest BCUT2D eigenvalue weighted by Crippen LogP contribution is 2.23. The van der Waals surface area contributed by atoms with Crippen molar-refractivity contribution in [3.63, 3.8) is 0 Å². The lowest BCUT2D eigenvalue weighted by Gasteiger charge is -2.21. The molecule has 1 rings (SSSR count). The van der Waals surface area contributed by atoms with Crippen LogP contribution < -0.4 is 11.1 Å².